The molecule has 1 rings (SSSR count). The van der Waals surface area contributed by atoms with Crippen molar-refractivity contribution in [1.29, 1.82) is 0 Å². The van der Waals surface area contributed by atoms with E-state index in [1.165, 1.54) is 12.4 Å². The van der Waals surface area contributed by atoms with Gasteiger partial charge in [0.2, 0.25) is 0 Å². The molecule has 0 saturated carbocycles. The second kappa shape index (κ2) is 2.09. The molecule has 1 heterocycles. The van der Waals surface area contributed by atoms with E-state index < -0.39 is 0 Å². The molecule has 0 aliphatic heterocycles. The molecule has 3 nitrogen and oxygen atoms in total. The molecule has 0 radical (unpaired) electrons. The third-order valence-corrected chi connectivity index (χ3v) is 1.15. The Bertz CT molecular complexity index is 193. The summed E-state index contributed by atoms with van der Waals surface area (Å²) in [6, 6.07) is 0. The third-order valence-electron chi connectivity index (χ3n) is 1.15. The molecule has 0 saturated heterocycles. The van der Waals surface area contributed by atoms with Crippen LogP contribution >= 0.6 is 0 Å². The maximum Gasteiger partial charge on any atom is 0.106 e. The first-order chi connectivity index (χ1) is 4.22. The van der Waals surface area contributed by atoms with E-state index in [-0.39, 0.29) is 5.92 Å². The standard InChI is InChI=1S/C6H9N2O/c1-5(2)6-7-3-4-8(6)9/h3-5H,1-2H3/q-1. The Kier molecular flexibility index (Phi) is 1.42. The van der Waals surface area contributed by atoms with Crippen molar-refractivity contribution in [2.75, 3.05) is 0 Å². The highest BCUT2D eigenvalue weighted by Gasteiger charge is 1.99. The Hall–Kier alpha value is -0.990. The minimum atomic E-state index is 0.220. The van der Waals surface area contributed by atoms with Crippen molar-refractivity contribution < 1.29 is 0 Å². The maximum atomic E-state index is 10.7. The molecule has 0 atom stereocenters. The fourth-order valence-corrected chi connectivity index (χ4v) is 0.707. The molecular formula is C6H9N2O-. The van der Waals surface area contributed by atoms with Crippen molar-refractivity contribution in [1.82, 2.24) is 9.71 Å². The van der Waals surface area contributed by atoms with Gasteiger partial charge in [-0.1, -0.05) is 13.8 Å². The molecular weight excluding hydrogens is 116 g/mol. The maximum absolute atomic E-state index is 10.7. The minimum Gasteiger partial charge on any atom is -0.805 e. The van der Waals surface area contributed by atoms with Gasteiger partial charge in [-0.15, -0.1) is 0 Å². The van der Waals surface area contributed by atoms with Crippen molar-refractivity contribution in [2.45, 2.75) is 19.8 Å². The average molecular weight is 125 g/mol. The van der Waals surface area contributed by atoms with Gasteiger partial charge >= 0.3 is 0 Å². The number of nitrogens with zero attached hydrogens (tertiary/aromatic N) is 2. The van der Waals surface area contributed by atoms with Gasteiger partial charge in [0.1, 0.15) is 5.82 Å². The van der Waals surface area contributed by atoms with Gasteiger partial charge in [-0.3, -0.25) is 0 Å². The van der Waals surface area contributed by atoms with Crippen LogP contribution in [0.25, 0.3) is 0 Å². The molecule has 1 aromatic rings. The highest BCUT2D eigenvalue weighted by molar-refractivity contribution is 4.98. The van der Waals surface area contributed by atoms with Crippen molar-refractivity contribution >= 4 is 0 Å². The largest absolute Gasteiger partial charge is 0.805 e. The second-order valence-electron chi connectivity index (χ2n) is 2.27. The Morgan fingerprint density at radius 1 is 1.67 bits per heavy atom. The Morgan fingerprint density at radius 3 is 2.56 bits per heavy atom. The molecule has 0 unspecified atom stereocenters. The van der Waals surface area contributed by atoms with Gasteiger partial charge < -0.3 is 9.94 Å². The lowest BCUT2D eigenvalue weighted by atomic mass is 10.2. The van der Waals surface area contributed by atoms with Crippen LogP contribution in [-0.2, 0) is 0 Å². The zero-order valence-electron chi connectivity index (χ0n) is 5.53. The van der Waals surface area contributed by atoms with Crippen molar-refractivity contribution in [3.8, 4) is 0 Å². The summed E-state index contributed by atoms with van der Waals surface area (Å²) in [5.41, 5.74) is 0. The van der Waals surface area contributed by atoms with E-state index in [9.17, 15) is 5.21 Å². The van der Waals surface area contributed by atoms with Crippen LogP contribution in [0.3, 0.4) is 0 Å². The van der Waals surface area contributed by atoms with E-state index in [0.29, 0.717) is 5.82 Å². The van der Waals surface area contributed by atoms with E-state index >= 15 is 0 Å². The van der Waals surface area contributed by atoms with Gasteiger partial charge in [-0.05, 0) is 0 Å². The number of imidazole rings is 1. The number of rotatable bonds is 1. The first-order valence-corrected chi connectivity index (χ1v) is 2.92. The summed E-state index contributed by atoms with van der Waals surface area (Å²) in [6.45, 7) is 3.88. The van der Waals surface area contributed by atoms with Gasteiger partial charge in [0, 0.05) is 18.3 Å². The Labute approximate surface area is 53.9 Å². The van der Waals surface area contributed by atoms with Crippen LogP contribution in [-0.4, -0.2) is 9.71 Å². The van der Waals surface area contributed by atoms with Crippen LogP contribution in [0.15, 0.2) is 12.4 Å². The van der Waals surface area contributed by atoms with Gasteiger partial charge in [-0.25, -0.2) is 4.98 Å². The lowest BCUT2D eigenvalue weighted by molar-refractivity contribution is 0.753. The van der Waals surface area contributed by atoms with Crippen LogP contribution < -0.4 is 0 Å². The predicted octanol–water partition coefficient (Wildman–Crippen LogP) is 1.35. The summed E-state index contributed by atoms with van der Waals surface area (Å²) >= 11 is 0. The Morgan fingerprint density at radius 2 is 2.33 bits per heavy atom. The zero-order chi connectivity index (χ0) is 6.85. The summed E-state index contributed by atoms with van der Waals surface area (Å²) in [5.74, 6) is 0.812. The van der Waals surface area contributed by atoms with E-state index in [1.54, 1.807) is 0 Å². The van der Waals surface area contributed by atoms with E-state index in [1.807, 2.05) is 13.8 Å². The van der Waals surface area contributed by atoms with Crippen molar-refractivity contribution in [3.63, 3.8) is 0 Å². The normalized spacial score (nSPS) is 10.6. The third kappa shape index (κ3) is 1.04. The van der Waals surface area contributed by atoms with Gasteiger partial charge in [0.05, 0.1) is 0 Å². The monoisotopic (exact) mass is 125 g/mol. The van der Waals surface area contributed by atoms with Crippen LogP contribution in [0, 0.1) is 5.21 Å². The summed E-state index contributed by atoms with van der Waals surface area (Å²) in [5, 5.41) is 10.7. The molecule has 0 aliphatic rings. The van der Waals surface area contributed by atoms with Gasteiger partial charge in [0.15, 0.2) is 0 Å². The molecule has 0 amide bonds. The summed E-state index contributed by atoms with van der Waals surface area (Å²) < 4.78 is 0.796. The second-order valence-corrected chi connectivity index (χ2v) is 2.27. The molecule has 0 aromatic carbocycles. The van der Waals surface area contributed by atoms with E-state index in [0.717, 1.165) is 4.73 Å². The lowest BCUT2D eigenvalue weighted by Gasteiger charge is -2.11. The molecule has 9 heavy (non-hydrogen) atoms. The van der Waals surface area contributed by atoms with Crippen molar-refractivity contribution in [2.24, 2.45) is 0 Å². The highest BCUT2D eigenvalue weighted by atomic mass is 16.5. The number of hydrogen-bond acceptors (Lipinski definition) is 2. The molecule has 0 fully saturated rings. The molecule has 3 heteroatoms. The molecule has 0 aliphatic carbocycles. The molecule has 1 aromatic heterocycles. The minimum absolute atomic E-state index is 0.220. The number of aromatic nitrogens is 2. The topological polar surface area (TPSA) is 40.9 Å². The fraction of sp³-hybridized carbons (Fsp3) is 0.500. The van der Waals surface area contributed by atoms with Crippen LogP contribution in [0.5, 0.6) is 0 Å². The van der Waals surface area contributed by atoms with Crippen molar-refractivity contribution in [3.05, 3.63) is 23.4 Å². The first-order valence-electron chi connectivity index (χ1n) is 2.92. The zero-order valence-corrected chi connectivity index (χ0v) is 5.53. The summed E-state index contributed by atoms with van der Waals surface area (Å²) in [7, 11) is 0. The first kappa shape index (κ1) is 6.13. The smallest absolute Gasteiger partial charge is 0.106 e. The average Bonchev–Trinajstić information content (AvgIpc) is 2.13. The predicted molar refractivity (Wildman–Crippen MR) is 35.1 cm³/mol. The van der Waals surface area contributed by atoms with Crippen LogP contribution in [0.1, 0.15) is 25.6 Å². The quantitative estimate of drug-likeness (QED) is 0.568. The lowest BCUT2D eigenvalue weighted by Crippen LogP contribution is -1.96. The van der Waals surface area contributed by atoms with Crippen LogP contribution in [0.2, 0.25) is 0 Å². The highest BCUT2D eigenvalue weighted by Crippen LogP contribution is 2.09. The van der Waals surface area contributed by atoms with E-state index in [2.05, 4.69) is 4.98 Å². The van der Waals surface area contributed by atoms with Gasteiger partial charge in [0.25, 0.3) is 0 Å². The molecule has 0 bridgehead atoms. The summed E-state index contributed by atoms with van der Waals surface area (Å²) in [6.07, 6.45) is 2.93. The SMILES string of the molecule is CC(C)c1nccn1[O-]. The number of hydrogen-bond donors (Lipinski definition) is 0. The fourth-order valence-electron chi connectivity index (χ4n) is 0.707. The molecule has 0 N–H and O–H groups in total. The van der Waals surface area contributed by atoms with Gasteiger partial charge in [-0.2, -0.15) is 0 Å². The summed E-state index contributed by atoms with van der Waals surface area (Å²) in [4.78, 5) is 3.87. The molecule has 0 spiro atoms. The van der Waals surface area contributed by atoms with Crippen LogP contribution in [0.4, 0.5) is 0 Å². The van der Waals surface area contributed by atoms with E-state index in [4.69, 9.17) is 0 Å². The molecule has 50 valence electrons. The Balaban J connectivity index is 2.94.